The highest BCUT2D eigenvalue weighted by Crippen LogP contribution is 2.68. The molecule has 0 radical (unpaired) electrons. The van der Waals surface area contributed by atoms with Gasteiger partial charge in [0.1, 0.15) is 11.5 Å². The van der Waals surface area contributed by atoms with Gasteiger partial charge in [0.2, 0.25) is 0 Å². The van der Waals surface area contributed by atoms with Gasteiger partial charge in [-0.25, -0.2) is 0 Å². The fourth-order valence-corrected chi connectivity index (χ4v) is 6.22. The molecule has 4 rings (SSSR count). The van der Waals surface area contributed by atoms with Gasteiger partial charge >= 0.3 is 0 Å². The summed E-state index contributed by atoms with van der Waals surface area (Å²) in [5.74, 6) is 1.53. The van der Waals surface area contributed by atoms with Gasteiger partial charge in [0.25, 0.3) is 0 Å². The van der Waals surface area contributed by atoms with Crippen molar-refractivity contribution in [2.45, 2.75) is 57.8 Å². The van der Waals surface area contributed by atoms with Gasteiger partial charge in [-0.2, -0.15) is 0 Å². The minimum Gasteiger partial charge on any atom is -0.508 e. The molecule has 1 aromatic carbocycles. The molecule has 118 valence electrons. The summed E-state index contributed by atoms with van der Waals surface area (Å²) in [6.45, 7) is 6.71. The first-order valence-corrected chi connectivity index (χ1v) is 8.68. The maximum Gasteiger partial charge on any atom is 0.123 e. The maximum absolute atomic E-state index is 10.5. The van der Waals surface area contributed by atoms with Gasteiger partial charge in [-0.1, -0.05) is 19.4 Å². The molecule has 0 aromatic heterocycles. The Morgan fingerprint density at radius 1 is 1.18 bits per heavy atom. The van der Waals surface area contributed by atoms with Gasteiger partial charge in [-0.3, -0.25) is 0 Å². The molecule has 3 aliphatic rings. The largest absolute Gasteiger partial charge is 0.508 e. The average Bonchev–Trinajstić information content (AvgIpc) is 2.88. The molecule has 0 amide bonds. The van der Waals surface area contributed by atoms with Crippen LogP contribution in [0.15, 0.2) is 24.8 Å². The van der Waals surface area contributed by atoms with Gasteiger partial charge in [0.15, 0.2) is 0 Å². The van der Waals surface area contributed by atoms with Crippen molar-refractivity contribution in [1.29, 1.82) is 0 Å². The molecule has 22 heavy (non-hydrogen) atoms. The summed E-state index contributed by atoms with van der Waals surface area (Å²) in [7, 11) is 0. The quantitative estimate of drug-likeness (QED) is 0.724. The molecular weight excluding hydrogens is 272 g/mol. The first-order valence-electron chi connectivity index (χ1n) is 8.68. The lowest BCUT2D eigenvalue weighted by Gasteiger charge is -2.56. The van der Waals surface area contributed by atoms with Crippen molar-refractivity contribution in [3.63, 3.8) is 0 Å². The fraction of sp³-hybridized carbons (Fsp3) is 0.600. The molecule has 2 saturated carbocycles. The molecule has 0 bridgehead atoms. The lowest BCUT2D eigenvalue weighted by atomic mass is 9.47. The van der Waals surface area contributed by atoms with Crippen molar-refractivity contribution in [2.75, 3.05) is 0 Å². The SMILES string of the molecule is C=C[C@@]12CCc3cc(O)cc(O)c3[C@H]1CC[C@]1(C)CCC[C@H]12. The van der Waals surface area contributed by atoms with Crippen LogP contribution in [0.1, 0.15) is 62.5 Å². The third-order valence-electron chi connectivity index (χ3n) is 7.17. The Balaban J connectivity index is 1.87. The summed E-state index contributed by atoms with van der Waals surface area (Å²) < 4.78 is 0. The second kappa shape index (κ2) is 4.53. The van der Waals surface area contributed by atoms with Crippen LogP contribution in [-0.4, -0.2) is 10.2 Å². The van der Waals surface area contributed by atoms with Crippen LogP contribution < -0.4 is 0 Å². The van der Waals surface area contributed by atoms with Crippen molar-refractivity contribution in [1.82, 2.24) is 0 Å². The Morgan fingerprint density at radius 3 is 2.77 bits per heavy atom. The van der Waals surface area contributed by atoms with E-state index in [0.29, 0.717) is 17.3 Å². The van der Waals surface area contributed by atoms with Crippen LogP contribution in [0.25, 0.3) is 0 Å². The zero-order valence-corrected chi connectivity index (χ0v) is 13.4. The predicted molar refractivity (Wildman–Crippen MR) is 88.1 cm³/mol. The summed E-state index contributed by atoms with van der Waals surface area (Å²) in [5, 5.41) is 20.3. The van der Waals surface area contributed by atoms with Gasteiger partial charge in [-0.15, -0.1) is 6.58 Å². The lowest BCUT2D eigenvalue weighted by molar-refractivity contribution is 0.00375. The number of aryl methyl sites for hydroxylation is 1. The van der Waals surface area contributed by atoms with E-state index in [1.54, 1.807) is 0 Å². The van der Waals surface area contributed by atoms with Gasteiger partial charge in [0.05, 0.1) is 0 Å². The molecule has 0 saturated heterocycles. The van der Waals surface area contributed by atoms with Crippen LogP contribution in [0.3, 0.4) is 0 Å². The molecule has 0 aliphatic heterocycles. The first-order chi connectivity index (χ1) is 10.5. The highest BCUT2D eigenvalue weighted by molar-refractivity contribution is 5.51. The highest BCUT2D eigenvalue weighted by Gasteiger charge is 2.58. The van der Waals surface area contributed by atoms with Crippen LogP contribution >= 0.6 is 0 Å². The van der Waals surface area contributed by atoms with Crippen LogP contribution in [0.4, 0.5) is 0 Å². The number of hydrogen-bond acceptors (Lipinski definition) is 2. The Bertz CT molecular complexity index is 635. The average molecular weight is 298 g/mol. The molecule has 2 heteroatoms. The number of phenolic OH excluding ortho intramolecular Hbond substituents is 2. The summed E-state index contributed by atoms with van der Waals surface area (Å²) in [4.78, 5) is 0. The third kappa shape index (κ3) is 1.67. The van der Waals surface area contributed by atoms with E-state index in [9.17, 15) is 10.2 Å². The third-order valence-corrected chi connectivity index (χ3v) is 7.17. The molecular formula is C20H26O2. The Morgan fingerprint density at radius 2 is 2.00 bits per heavy atom. The van der Waals surface area contributed by atoms with E-state index in [-0.39, 0.29) is 16.9 Å². The van der Waals surface area contributed by atoms with Gasteiger partial charge in [0, 0.05) is 11.6 Å². The Kier molecular flexibility index (Phi) is 2.92. The zero-order valence-electron chi connectivity index (χ0n) is 13.4. The minimum absolute atomic E-state index is 0.130. The number of benzene rings is 1. The van der Waals surface area contributed by atoms with E-state index in [0.717, 1.165) is 30.4 Å². The minimum atomic E-state index is 0.130. The van der Waals surface area contributed by atoms with Gasteiger partial charge in [-0.05, 0) is 72.8 Å². The summed E-state index contributed by atoms with van der Waals surface area (Å²) in [5.41, 5.74) is 2.82. The van der Waals surface area contributed by atoms with Crippen molar-refractivity contribution >= 4 is 0 Å². The van der Waals surface area contributed by atoms with Crippen molar-refractivity contribution < 1.29 is 10.2 Å². The summed E-state index contributed by atoms with van der Waals surface area (Å²) in [6.07, 6.45) is 10.6. The van der Waals surface area contributed by atoms with Gasteiger partial charge < -0.3 is 10.2 Å². The van der Waals surface area contributed by atoms with Crippen molar-refractivity contribution in [2.24, 2.45) is 16.7 Å². The van der Waals surface area contributed by atoms with E-state index >= 15 is 0 Å². The molecule has 0 spiro atoms. The Hall–Kier alpha value is -1.44. The molecule has 2 nitrogen and oxygen atoms in total. The number of aromatic hydroxyl groups is 2. The van der Waals surface area contributed by atoms with Crippen molar-refractivity contribution in [3.05, 3.63) is 35.9 Å². The Labute approximate surface area is 132 Å². The molecule has 4 atom stereocenters. The molecule has 2 N–H and O–H groups in total. The highest BCUT2D eigenvalue weighted by atomic mass is 16.3. The van der Waals surface area contributed by atoms with Crippen molar-refractivity contribution in [3.8, 4) is 11.5 Å². The molecule has 1 aromatic rings. The molecule has 3 aliphatic carbocycles. The van der Waals surface area contributed by atoms with Crippen LogP contribution in [-0.2, 0) is 6.42 Å². The smallest absolute Gasteiger partial charge is 0.123 e. The predicted octanol–water partition coefficient (Wildman–Crippen LogP) is 4.90. The summed E-state index contributed by atoms with van der Waals surface area (Å²) >= 11 is 0. The molecule has 2 fully saturated rings. The topological polar surface area (TPSA) is 40.5 Å². The zero-order chi connectivity index (χ0) is 15.5. The fourth-order valence-electron chi connectivity index (χ4n) is 6.22. The number of allylic oxidation sites excluding steroid dienone is 1. The molecule has 0 unspecified atom stereocenters. The van der Waals surface area contributed by atoms with Crippen LogP contribution in [0.2, 0.25) is 0 Å². The number of fused-ring (bicyclic) bond motifs is 5. The van der Waals surface area contributed by atoms with E-state index in [2.05, 4.69) is 19.6 Å². The normalized spacial score (nSPS) is 39.7. The molecule has 0 heterocycles. The second-order valence-corrected chi connectivity index (χ2v) is 8.04. The van der Waals surface area contributed by atoms with Crippen LogP contribution in [0.5, 0.6) is 11.5 Å². The second-order valence-electron chi connectivity index (χ2n) is 8.04. The van der Waals surface area contributed by atoms with E-state index in [1.165, 1.54) is 31.7 Å². The van der Waals surface area contributed by atoms with Crippen LogP contribution in [0, 0.1) is 16.7 Å². The standard InChI is InChI=1S/C20H26O2/c1-3-20-10-6-13-11-14(21)12-16(22)18(13)15(20)7-9-19(2)8-4-5-17(19)20/h3,11-12,15,17,21-22H,1,4-10H2,2H3/t15-,17-,19+,20-/m1/s1. The maximum atomic E-state index is 10.5. The number of rotatable bonds is 1. The monoisotopic (exact) mass is 298 g/mol. The van der Waals surface area contributed by atoms with E-state index < -0.39 is 0 Å². The number of hydrogen-bond donors (Lipinski definition) is 2. The lowest BCUT2D eigenvalue weighted by Crippen LogP contribution is -2.47. The van der Waals surface area contributed by atoms with E-state index in [4.69, 9.17) is 0 Å². The first kappa shape index (κ1) is 14.2. The number of phenols is 2. The van der Waals surface area contributed by atoms with E-state index in [1.807, 2.05) is 6.07 Å². The summed E-state index contributed by atoms with van der Waals surface area (Å²) in [6, 6.07) is 3.37.